The lowest BCUT2D eigenvalue weighted by molar-refractivity contribution is 0.283. The molecule has 1 unspecified atom stereocenters. The van der Waals surface area contributed by atoms with E-state index in [1.165, 1.54) is 19.3 Å². The molecule has 1 N–H and O–H groups in total. The number of nitrogens with zero attached hydrogens (tertiary/aromatic N) is 2. The minimum absolute atomic E-state index is 0.120. The van der Waals surface area contributed by atoms with Crippen molar-refractivity contribution in [3.05, 3.63) is 10.6 Å². The van der Waals surface area contributed by atoms with E-state index < -0.39 is 0 Å². The first-order chi connectivity index (χ1) is 8.65. The third kappa shape index (κ3) is 2.86. The zero-order chi connectivity index (χ0) is 13.1. The normalized spacial score (nSPS) is 17.6. The molecule has 1 saturated carbocycles. The Balaban J connectivity index is 2.09. The molecular weight excluding hydrogens is 244 g/mol. The fraction of sp³-hybridized carbons (Fsp3) is 0.786. The van der Waals surface area contributed by atoms with Gasteiger partial charge in [-0.2, -0.15) is 0 Å². The smallest absolute Gasteiger partial charge is 0.185 e. The van der Waals surface area contributed by atoms with Crippen molar-refractivity contribution < 1.29 is 5.11 Å². The standard InChI is InChI=1S/C14H24N2OS/c1-4-10(2)13-12(9-17)18-14(15-13)16(3)8-11-6-5-7-11/h10-11,17H,4-9H2,1-3H3. The van der Waals surface area contributed by atoms with E-state index in [4.69, 9.17) is 4.98 Å². The van der Waals surface area contributed by atoms with Gasteiger partial charge in [-0.15, -0.1) is 0 Å². The van der Waals surface area contributed by atoms with Crippen molar-refractivity contribution in [2.24, 2.45) is 5.92 Å². The second-order valence-corrected chi connectivity index (χ2v) is 6.51. The van der Waals surface area contributed by atoms with Gasteiger partial charge >= 0.3 is 0 Å². The Morgan fingerprint density at radius 1 is 1.50 bits per heavy atom. The molecule has 102 valence electrons. The van der Waals surface area contributed by atoms with Crippen LogP contribution in [0, 0.1) is 5.92 Å². The van der Waals surface area contributed by atoms with Gasteiger partial charge in [0.2, 0.25) is 0 Å². The van der Waals surface area contributed by atoms with E-state index in [0.717, 1.165) is 34.6 Å². The molecule has 0 bridgehead atoms. The SMILES string of the molecule is CCC(C)c1nc(N(C)CC2CCC2)sc1CO. The number of anilines is 1. The second kappa shape index (κ2) is 6.02. The summed E-state index contributed by atoms with van der Waals surface area (Å²) in [7, 11) is 2.12. The van der Waals surface area contributed by atoms with E-state index in [1.54, 1.807) is 11.3 Å². The fourth-order valence-electron chi connectivity index (χ4n) is 2.35. The summed E-state index contributed by atoms with van der Waals surface area (Å²) in [5, 5.41) is 10.5. The quantitative estimate of drug-likeness (QED) is 0.859. The van der Waals surface area contributed by atoms with Crippen molar-refractivity contribution in [2.45, 2.75) is 52.1 Å². The zero-order valence-corrected chi connectivity index (χ0v) is 12.5. The van der Waals surface area contributed by atoms with Gasteiger partial charge in [-0.3, -0.25) is 0 Å². The monoisotopic (exact) mass is 268 g/mol. The van der Waals surface area contributed by atoms with Crippen LogP contribution >= 0.6 is 11.3 Å². The molecule has 1 aliphatic carbocycles. The lowest BCUT2D eigenvalue weighted by Crippen LogP contribution is -2.29. The van der Waals surface area contributed by atoms with Crippen molar-refractivity contribution in [3.63, 3.8) is 0 Å². The third-order valence-electron chi connectivity index (χ3n) is 4.02. The minimum atomic E-state index is 0.120. The molecule has 1 fully saturated rings. The van der Waals surface area contributed by atoms with Crippen LogP contribution in [0.2, 0.25) is 0 Å². The summed E-state index contributed by atoms with van der Waals surface area (Å²) in [5.41, 5.74) is 1.10. The van der Waals surface area contributed by atoms with Gasteiger partial charge in [0, 0.05) is 13.6 Å². The summed E-state index contributed by atoms with van der Waals surface area (Å²) in [4.78, 5) is 8.05. The maximum atomic E-state index is 9.45. The highest BCUT2D eigenvalue weighted by Crippen LogP contribution is 2.34. The number of thiazole rings is 1. The molecule has 3 nitrogen and oxygen atoms in total. The molecule has 1 aliphatic rings. The molecule has 0 amide bonds. The lowest BCUT2D eigenvalue weighted by Gasteiger charge is -2.29. The number of aromatic nitrogens is 1. The molecule has 1 atom stereocenters. The van der Waals surface area contributed by atoms with Gasteiger partial charge in [-0.1, -0.05) is 31.6 Å². The van der Waals surface area contributed by atoms with E-state index in [9.17, 15) is 5.11 Å². The number of hydrogen-bond acceptors (Lipinski definition) is 4. The average Bonchev–Trinajstić information content (AvgIpc) is 2.76. The summed E-state index contributed by atoms with van der Waals surface area (Å²) in [6, 6.07) is 0. The minimum Gasteiger partial charge on any atom is -0.391 e. The van der Waals surface area contributed by atoms with Crippen LogP contribution in [0.15, 0.2) is 0 Å². The highest BCUT2D eigenvalue weighted by atomic mass is 32.1. The average molecular weight is 268 g/mol. The Labute approximate surface area is 114 Å². The van der Waals surface area contributed by atoms with Crippen molar-refractivity contribution in [1.82, 2.24) is 4.98 Å². The van der Waals surface area contributed by atoms with Crippen LogP contribution in [-0.2, 0) is 6.61 Å². The summed E-state index contributed by atoms with van der Waals surface area (Å²) in [6.45, 7) is 5.58. The molecule has 1 heterocycles. The number of aliphatic hydroxyl groups excluding tert-OH is 1. The molecule has 0 aliphatic heterocycles. The van der Waals surface area contributed by atoms with Gasteiger partial charge in [-0.05, 0) is 31.1 Å². The second-order valence-electron chi connectivity index (χ2n) is 5.45. The topological polar surface area (TPSA) is 36.4 Å². The molecule has 2 rings (SSSR count). The Hall–Kier alpha value is -0.610. The van der Waals surface area contributed by atoms with E-state index in [-0.39, 0.29) is 6.61 Å². The van der Waals surface area contributed by atoms with Crippen molar-refractivity contribution >= 4 is 16.5 Å². The van der Waals surface area contributed by atoms with Crippen molar-refractivity contribution in [2.75, 3.05) is 18.5 Å². The first-order valence-electron chi connectivity index (χ1n) is 6.97. The maximum absolute atomic E-state index is 9.45. The Bertz CT molecular complexity index is 387. The molecule has 1 aromatic rings. The van der Waals surface area contributed by atoms with Gasteiger partial charge in [0.25, 0.3) is 0 Å². The Morgan fingerprint density at radius 2 is 2.22 bits per heavy atom. The van der Waals surface area contributed by atoms with Crippen molar-refractivity contribution in [3.8, 4) is 0 Å². The highest BCUT2D eigenvalue weighted by molar-refractivity contribution is 7.15. The van der Waals surface area contributed by atoms with Gasteiger partial charge in [0.1, 0.15) is 0 Å². The predicted molar refractivity (Wildman–Crippen MR) is 77.4 cm³/mol. The first kappa shape index (κ1) is 13.8. The van der Waals surface area contributed by atoms with Crippen LogP contribution in [0.4, 0.5) is 5.13 Å². The van der Waals surface area contributed by atoms with E-state index in [2.05, 4.69) is 25.8 Å². The van der Waals surface area contributed by atoms with Crippen LogP contribution in [0.3, 0.4) is 0 Å². The Kier molecular flexibility index (Phi) is 4.62. The molecule has 0 aromatic carbocycles. The van der Waals surface area contributed by atoms with Gasteiger partial charge in [-0.25, -0.2) is 4.98 Å². The fourth-order valence-corrected chi connectivity index (χ4v) is 3.36. The van der Waals surface area contributed by atoms with E-state index >= 15 is 0 Å². The largest absolute Gasteiger partial charge is 0.391 e. The van der Waals surface area contributed by atoms with Gasteiger partial charge < -0.3 is 10.0 Å². The first-order valence-corrected chi connectivity index (χ1v) is 7.78. The molecule has 0 radical (unpaired) electrons. The zero-order valence-electron chi connectivity index (χ0n) is 11.6. The number of aliphatic hydroxyl groups is 1. The number of rotatable bonds is 6. The molecule has 4 heteroatoms. The summed E-state index contributed by atoms with van der Waals surface area (Å²) >= 11 is 1.65. The summed E-state index contributed by atoms with van der Waals surface area (Å²) < 4.78 is 0. The highest BCUT2D eigenvalue weighted by Gasteiger charge is 2.22. The lowest BCUT2D eigenvalue weighted by atomic mass is 9.85. The third-order valence-corrected chi connectivity index (χ3v) is 5.19. The van der Waals surface area contributed by atoms with E-state index in [1.807, 2.05) is 0 Å². The van der Waals surface area contributed by atoms with E-state index in [0.29, 0.717) is 5.92 Å². The van der Waals surface area contributed by atoms with Crippen LogP contribution in [0.1, 0.15) is 56.0 Å². The van der Waals surface area contributed by atoms with Crippen LogP contribution in [-0.4, -0.2) is 23.7 Å². The molecule has 0 spiro atoms. The molecule has 0 saturated heterocycles. The van der Waals surface area contributed by atoms with Gasteiger partial charge in [0.05, 0.1) is 17.2 Å². The van der Waals surface area contributed by atoms with Gasteiger partial charge in [0.15, 0.2) is 5.13 Å². The van der Waals surface area contributed by atoms with Crippen LogP contribution in [0.5, 0.6) is 0 Å². The number of hydrogen-bond donors (Lipinski definition) is 1. The summed E-state index contributed by atoms with van der Waals surface area (Å²) in [5.74, 6) is 1.29. The Morgan fingerprint density at radius 3 is 2.72 bits per heavy atom. The molecule has 18 heavy (non-hydrogen) atoms. The van der Waals surface area contributed by atoms with Crippen LogP contribution < -0.4 is 4.90 Å². The summed E-state index contributed by atoms with van der Waals surface area (Å²) in [6.07, 6.45) is 5.18. The molecule has 1 aromatic heterocycles. The maximum Gasteiger partial charge on any atom is 0.185 e. The predicted octanol–water partition coefficient (Wildman–Crippen LogP) is 3.39. The van der Waals surface area contributed by atoms with Crippen LogP contribution in [0.25, 0.3) is 0 Å². The molecular formula is C14H24N2OS. The van der Waals surface area contributed by atoms with Crippen molar-refractivity contribution in [1.29, 1.82) is 0 Å².